The van der Waals surface area contributed by atoms with Gasteiger partial charge in [-0.3, -0.25) is 4.79 Å². The second kappa shape index (κ2) is 16.5. The Hall–Kier alpha value is -3.52. The van der Waals surface area contributed by atoms with Gasteiger partial charge in [-0.05, 0) is 60.4 Å². The average molecular weight is 714 g/mol. The molecule has 1 aliphatic rings. The Bertz CT molecular complexity index is 1680. The second-order valence-electron chi connectivity index (χ2n) is 13.9. The van der Waals surface area contributed by atoms with Crippen LogP contribution in [0.4, 0.5) is 4.79 Å². The zero-order valence-corrected chi connectivity index (χ0v) is 31.2. The molecule has 0 aliphatic carbocycles. The van der Waals surface area contributed by atoms with Crippen molar-refractivity contribution in [3.8, 4) is 5.75 Å². The number of nitrogens with one attached hydrogen (secondary N) is 1. The Labute approximate surface area is 295 Å². The highest BCUT2D eigenvalue weighted by Gasteiger charge is 2.40. The summed E-state index contributed by atoms with van der Waals surface area (Å²) < 4.78 is 29.4. The van der Waals surface area contributed by atoms with Gasteiger partial charge in [-0.25, -0.2) is 18.2 Å². The van der Waals surface area contributed by atoms with Gasteiger partial charge in [0.2, 0.25) is 15.9 Å². The fraction of sp³-hybridized carbons (Fsp3) is 0.528. The largest absolute Gasteiger partial charge is 0.508 e. The van der Waals surface area contributed by atoms with Gasteiger partial charge in [-0.2, -0.15) is 4.31 Å². The van der Waals surface area contributed by atoms with Gasteiger partial charge in [0, 0.05) is 31.6 Å². The van der Waals surface area contributed by atoms with Crippen molar-refractivity contribution >= 4 is 33.3 Å². The number of thiazole rings is 1. The molecule has 0 saturated carbocycles. The van der Waals surface area contributed by atoms with Crippen molar-refractivity contribution in [1.82, 2.24) is 24.4 Å². The van der Waals surface area contributed by atoms with Gasteiger partial charge in [-0.1, -0.05) is 71.9 Å². The van der Waals surface area contributed by atoms with Gasteiger partial charge >= 0.3 is 6.03 Å². The molecule has 0 unspecified atom stereocenters. The quantitative estimate of drug-likeness (QED) is 0.190. The van der Waals surface area contributed by atoms with Crippen LogP contribution in [0.25, 0.3) is 0 Å². The van der Waals surface area contributed by atoms with Gasteiger partial charge in [0.25, 0.3) is 0 Å². The third-order valence-corrected chi connectivity index (χ3v) is 11.3. The van der Waals surface area contributed by atoms with Crippen LogP contribution in [0.5, 0.6) is 5.75 Å². The molecular weight excluding hydrogens is 663 g/mol. The highest BCUT2D eigenvalue weighted by atomic mass is 32.2. The van der Waals surface area contributed by atoms with Gasteiger partial charge in [0.1, 0.15) is 11.8 Å². The molecule has 1 aromatic heterocycles. The number of aryl methyl sites for hydroxylation is 1. The van der Waals surface area contributed by atoms with Crippen LogP contribution in [-0.2, 0) is 27.8 Å². The van der Waals surface area contributed by atoms with Crippen molar-refractivity contribution in [3.05, 3.63) is 75.7 Å². The maximum Gasteiger partial charge on any atom is 0.321 e. The molecule has 4 rings (SSSR count). The van der Waals surface area contributed by atoms with Gasteiger partial charge in [-0.15, -0.1) is 11.3 Å². The third-order valence-electron chi connectivity index (χ3n) is 8.69. The number of hydrogen-bond acceptors (Lipinski definition) is 8. The predicted molar refractivity (Wildman–Crippen MR) is 192 cm³/mol. The van der Waals surface area contributed by atoms with E-state index in [-0.39, 0.29) is 53.9 Å². The smallest absolute Gasteiger partial charge is 0.321 e. The van der Waals surface area contributed by atoms with Crippen molar-refractivity contribution in [2.24, 2.45) is 11.8 Å². The van der Waals surface area contributed by atoms with E-state index in [4.69, 9.17) is 0 Å². The molecule has 1 saturated heterocycles. The molecule has 268 valence electrons. The highest BCUT2D eigenvalue weighted by Crippen LogP contribution is 2.30. The van der Waals surface area contributed by atoms with Crippen molar-refractivity contribution in [2.75, 3.05) is 26.2 Å². The van der Waals surface area contributed by atoms with Crippen molar-refractivity contribution in [3.63, 3.8) is 0 Å². The first-order chi connectivity index (χ1) is 23.1. The lowest BCUT2D eigenvalue weighted by atomic mass is 9.97. The summed E-state index contributed by atoms with van der Waals surface area (Å²) in [6.45, 7) is 14.3. The molecule has 2 heterocycles. The van der Waals surface area contributed by atoms with E-state index in [1.807, 2.05) is 84.2 Å². The fourth-order valence-electron chi connectivity index (χ4n) is 6.22. The second-order valence-corrected chi connectivity index (χ2v) is 16.9. The first kappa shape index (κ1) is 38.3. The summed E-state index contributed by atoms with van der Waals surface area (Å²) in [6, 6.07) is 11.7. The molecule has 0 spiro atoms. The summed E-state index contributed by atoms with van der Waals surface area (Å²) in [5, 5.41) is 28.0. The molecule has 3 N–H and O–H groups in total. The van der Waals surface area contributed by atoms with Gasteiger partial charge in [0.15, 0.2) is 0 Å². The van der Waals surface area contributed by atoms with E-state index in [9.17, 15) is 28.2 Å². The van der Waals surface area contributed by atoms with Crippen LogP contribution in [0.2, 0.25) is 0 Å². The minimum absolute atomic E-state index is 0.0209. The van der Waals surface area contributed by atoms with Crippen LogP contribution in [0.1, 0.15) is 69.3 Å². The minimum atomic E-state index is -4.09. The number of benzene rings is 2. The summed E-state index contributed by atoms with van der Waals surface area (Å²) in [5.41, 5.74) is 2.17. The Balaban J connectivity index is 1.59. The fourth-order valence-corrected chi connectivity index (χ4v) is 8.49. The molecule has 2 aromatic carbocycles. The topological polar surface area (TPSA) is 143 Å². The van der Waals surface area contributed by atoms with Crippen LogP contribution in [0, 0.1) is 18.8 Å². The molecule has 49 heavy (non-hydrogen) atoms. The molecule has 13 heteroatoms. The molecular formula is C36H51N5O6S2. The molecule has 0 bridgehead atoms. The van der Waals surface area contributed by atoms with E-state index >= 15 is 0 Å². The van der Waals surface area contributed by atoms with Crippen molar-refractivity contribution < 1.29 is 28.2 Å². The number of carbonyl (C=O) groups excluding carboxylic acids is 2. The maximum atomic E-state index is 14.1. The van der Waals surface area contributed by atoms with E-state index in [2.05, 4.69) is 10.3 Å². The number of urea groups is 1. The summed E-state index contributed by atoms with van der Waals surface area (Å²) in [7, 11) is -4.09. The van der Waals surface area contributed by atoms with E-state index in [0.29, 0.717) is 25.2 Å². The number of phenols is 1. The summed E-state index contributed by atoms with van der Waals surface area (Å²) >= 11 is 1.52. The van der Waals surface area contributed by atoms with Crippen LogP contribution in [0.15, 0.2) is 58.8 Å². The monoisotopic (exact) mass is 713 g/mol. The van der Waals surface area contributed by atoms with Gasteiger partial charge in [0.05, 0.1) is 34.3 Å². The number of aliphatic hydroxyl groups is 1. The standard InChI is InChI=1S/C36H51N5O6S2/c1-23(2)19-40(49(46,47)29-13-14-32(42)30(18-29)24(3)4)21-33(43)31(17-27-11-9-8-10-12-27)38-35(44)34(25(5)6)41-16-15-39(36(41)45)20-28-22-48-26(7)37-28/h8-14,18,22-25,31,33-34,42-43H,15-17,19-21H2,1-7H3,(H,38,44)/t31-,33-,34-/m0/s1. The maximum absolute atomic E-state index is 14.1. The minimum Gasteiger partial charge on any atom is -0.508 e. The molecule has 3 amide bonds. The molecule has 3 aromatic rings. The van der Waals surface area contributed by atoms with E-state index in [0.717, 1.165) is 16.3 Å². The molecule has 3 atom stereocenters. The number of rotatable bonds is 16. The number of hydrogen-bond donors (Lipinski definition) is 3. The van der Waals surface area contributed by atoms with Crippen LogP contribution >= 0.6 is 11.3 Å². The Morgan fingerprint density at radius 1 is 1.04 bits per heavy atom. The number of aromatic nitrogens is 1. The van der Waals surface area contributed by atoms with Gasteiger partial charge < -0.3 is 25.3 Å². The average Bonchev–Trinajstić information content (AvgIpc) is 3.60. The molecule has 11 nitrogen and oxygen atoms in total. The number of sulfonamides is 1. The summed E-state index contributed by atoms with van der Waals surface area (Å²) in [6.07, 6.45) is -1.04. The van der Waals surface area contributed by atoms with Crippen LogP contribution < -0.4 is 5.32 Å². The number of nitrogens with zero attached hydrogens (tertiary/aromatic N) is 4. The zero-order chi connectivity index (χ0) is 36.0. The van der Waals surface area contributed by atoms with E-state index in [1.165, 1.54) is 33.8 Å². The number of phenolic OH excluding ortho intramolecular Hbond substituents is 1. The Morgan fingerprint density at radius 3 is 2.33 bits per heavy atom. The zero-order valence-electron chi connectivity index (χ0n) is 29.5. The van der Waals surface area contributed by atoms with E-state index < -0.39 is 34.1 Å². The Morgan fingerprint density at radius 2 is 1.73 bits per heavy atom. The lowest BCUT2D eigenvalue weighted by Crippen LogP contribution is -2.57. The lowest BCUT2D eigenvalue weighted by molar-refractivity contribution is -0.128. The number of carbonyl (C=O) groups is 2. The molecule has 1 aliphatic heterocycles. The van der Waals surface area contributed by atoms with Crippen molar-refractivity contribution in [2.45, 2.75) is 90.4 Å². The Kier molecular flexibility index (Phi) is 12.9. The first-order valence-corrected chi connectivity index (χ1v) is 19.2. The summed E-state index contributed by atoms with van der Waals surface area (Å²) in [4.78, 5) is 35.4. The number of amides is 3. The lowest BCUT2D eigenvalue weighted by Gasteiger charge is -2.34. The SMILES string of the molecule is Cc1nc(CN2CCN([C@H](C(=O)N[C@@H](Cc3ccccc3)[C@@H](O)CN(CC(C)C)S(=O)(=O)c3ccc(O)c(C(C)C)c3)C(C)C)C2=O)cs1. The predicted octanol–water partition coefficient (Wildman–Crippen LogP) is 4.98. The summed E-state index contributed by atoms with van der Waals surface area (Å²) in [5.74, 6) is -0.791. The molecule has 0 radical (unpaired) electrons. The van der Waals surface area contributed by atoms with E-state index in [1.54, 1.807) is 9.80 Å². The van der Waals surface area contributed by atoms with Crippen LogP contribution in [-0.4, -0.2) is 94.0 Å². The number of aliphatic hydroxyl groups excluding tert-OH is 1. The number of aromatic hydroxyl groups is 1. The van der Waals surface area contributed by atoms with Crippen LogP contribution in [0.3, 0.4) is 0 Å². The highest BCUT2D eigenvalue weighted by molar-refractivity contribution is 7.89. The third kappa shape index (κ3) is 9.59. The molecule has 1 fully saturated rings. The first-order valence-electron chi connectivity index (χ1n) is 16.9. The normalized spacial score (nSPS) is 15.9. The van der Waals surface area contributed by atoms with Crippen molar-refractivity contribution in [1.29, 1.82) is 0 Å².